The first-order valence-electron chi connectivity index (χ1n) is 10.6. The summed E-state index contributed by atoms with van der Waals surface area (Å²) in [4.78, 5) is 24.5. The minimum absolute atomic E-state index is 0.0612. The second-order valence-corrected chi connectivity index (χ2v) is 9.68. The monoisotopic (exact) mass is 443 g/mol. The van der Waals surface area contributed by atoms with Crippen LogP contribution in [0.25, 0.3) is 0 Å². The maximum Gasteiger partial charge on any atom is 0.264 e. The lowest BCUT2D eigenvalue weighted by molar-refractivity contribution is -0.125. The van der Waals surface area contributed by atoms with Gasteiger partial charge < -0.3 is 10.6 Å². The van der Waals surface area contributed by atoms with Crippen molar-refractivity contribution < 1.29 is 18.0 Å². The molecule has 0 spiro atoms. The number of hydrogen-bond acceptors (Lipinski definition) is 4. The Kier molecular flexibility index (Phi) is 7.68. The maximum atomic E-state index is 12.8. The lowest BCUT2D eigenvalue weighted by Crippen LogP contribution is -2.38. The van der Waals surface area contributed by atoms with Gasteiger partial charge in [-0.05, 0) is 49.2 Å². The van der Waals surface area contributed by atoms with Crippen LogP contribution in [-0.2, 0) is 14.8 Å². The Hall–Kier alpha value is -2.87. The molecule has 1 aliphatic carbocycles. The topological polar surface area (TPSA) is 95.6 Å². The number of carbonyl (C=O) groups is 2. The molecular weight excluding hydrogens is 414 g/mol. The van der Waals surface area contributed by atoms with E-state index in [9.17, 15) is 18.0 Å². The van der Waals surface area contributed by atoms with Crippen molar-refractivity contribution >= 4 is 27.5 Å². The molecule has 0 saturated heterocycles. The third kappa shape index (κ3) is 5.85. The van der Waals surface area contributed by atoms with Crippen molar-refractivity contribution in [1.82, 2.24) is 10.6 Å². The van der Waals surface area contributed by atoms with Crippen molar-refractivity contribution in [2.24, 2.45) is 5.92 Å². The number of para-hydroxylation sites is 1. The number of nitrogens with zero attached hydrogens (tertiary/aromatic N) is 1. The van der Waals surface area contributed by atoms with Gasteiger partial charge in [0, 0.05) is 31.6 Å². The van der Waals surface area contributed by atoms with Gasteiger partial charge >= 0.3 is 0 Å². The predicted octanol–water partition coefficient (Wildman–Crippen LogP) is 2.94. The lowest BCUT2D eigenvalue weighted by atomic mass is 9.89. The van der Waals surface area contributed by atoms with Crippen molar-refractivity contribution in [3.63, 3.8) is 0 Å². The van der Waals surface area contributed by atoms with Crippen LogP contribution in [0.1, 0.15) is 42.5 Å². The SMILES string of the molecule is CN(c1ccccc1)S(=O)(=O)c1ccc(C(=O)NCCNC(=O)C2CCCCC2)cc1. The first-order chi connectivity index (χ1) is 14.9. The molecule has 2 aromatic rings. The largest absolute Gasteiger partial charge is 0.354 e. The highest BCUT2D eigenvalue weighted by Crippen LogP contribution is 2.23. The number of benzene rings is 2. The van der Waals surface area contributed by atoms with Gasteiger partial charge in [0.1, 0.15) is 0 Å². The number of sulfonamides is 1. The molecule has 0 aliphatic heterocycles. The Morgan fingerprint density at radius 2 is 1.52 bits per heavy atom. The highest BCUT2D eigenvalue weighted by atomic mass is 32.2. The van der Waals surface area contributed by atoms with Crippen LogP contribution in [0.2, 0.25) is 0 Å². The van der Waals surface area contributed by atoms with E-state index in [-0.39, 0.29) is 22.6 Å². The highest BCUT2D eigenvalue weighted by molar-refractivity contribution is 7.92. The Morgan fingerprint density at radius 1 is 0.903 bits per heavy atom. The predicted molar refractivity (Wildman–Crippen MR) is 120 cm³/mol. The minimum Gasteiger partial charge on any atom is -0.354 e. The van der Waals surface area contributed by atoms with Crippen LogP contribution < -0.4 is 14.9 Å². The van der Waals surface area contributed by atoms with E-state index in [4.69, 9.17) is 0 Å². The molecule has 0 aromatic heterocycles. The molecule has 1 aliphatic rings. The molecule has 0 heterocycles. The van der Waals surface area contributed by atoms with Gasteiger partial charge in [0.2, 0.25) is 5.91 Å². The van der Waals surface area contributed by atoms with E-state index in [2.05, 4.69) is 10.6 Å². The summed E-state index contributed by atoms with van der Waals surface area (Å²) in [5.41, 5.74) is 0.916. The zero-order valence-corrected chi connectivity index (χ0v) is 18.5. The van der Waals surface area contributed by atoms with E-state index >= 15 is 0 Å². The number of hydrogen-bond donors (Lipinski definition) is 2. The van der Waals surface area contributed by atoms with Crippen LogP contribution in [0.5, 0.6) is 0 Å². The minimum atomic E-state index is -3.72. The third-order valence-electron chi connectivity index (χ3n) is 5.58. The van der Waals surface area contributed by atoms with Gasteiger partial charge in [-0.15, -0.1) is 0 Å². The van der Waals surface area contributed by atoms with E-state index in [0.29, 0.717) is 24.3 Å². The van der Waals surface area contributed by atoms with Crippen LogP contribution in [0.15, 0.2) is 59.5 Å². The first-order valence-corrected chi connectivity index (χ1v) is 12.0. The van der Waals surface area contributed by atoms with Crippen LogP contribution in [-0.4, -0.2) is 40.4 Å². The molecule has 7 nitrogen and oxygen atoms in total. The second kappa shape index (κ2) is 10.4. The van der Waals surface area contributed by atoms with Crippen molar-refractivity contribution in [2.75, 3.05) is 24.4 Å². The summed E-state index contributed by atoms with van der Waals surface area (Å²) in [5.74, 6) is -0.161. The lowest BCUT2D eigenvalue weighted by Gasteiger charge is -2.20. The highest BCUT2D eigenvalue weighted by Gasteiger charge is 2.22. The summed E-state index contributed by atoms with van der Waals surface area (Å²) in [6.45, 7) is 0.684. The third-order valence-corrected chi connectivity index (χ3v) is 7.38. The summed E-state index contributed by atoms with van der Waals surface area (Å²) in [7, 11) is -2.23. The molecule has 1 saturated carbocycles. The average Bonchev–Trinajstić information content (AvgIpc) is 2.82. The smallest absolute Gasteiger partial charge is 0.264 e. The van der Waals surface area contributed by atoms with Crippen LogP contribution >= 0.6 is 0 Å². The number of anilines is 1. The Bertz CT molecular complexity index is 985. The van der Waals surface area contributed by atoms with Crippen molar-refractivity contribution in [3.05, 3.63) is 60.2 Å². The summed E-state index contributed by atoms with van der Waals surface area (Å²) in [6, 6.07) is 14.6. The van der Waals surface area contributed by atoms with Crippen molar-refractivity contribution in [1.29, 1.82) is 0 Å². The maximum absolute atomic E-state index is 12.8. The molecule has 31 heavy (non-hydrogen) atoms. The quantitative estimate of drug-likeness (QED) is 0.613. The summed E-state index contributed by atoms with van der Waals surface area (Å²) in [5, 5.41) is 5.63. The molecule has 1 fully saturated rings. The zero-order valence-electron chi connectivity index (χ0n) is 17.7. The van der Waals surface area contributed by atoms with Gasteiger partial charge in [0.05, 0.1) is 10.6 Å². The van der Waals surface area contributed by atoms with Crippen LogP contribution in [0.3, 0.4) is 0 Å². The number of carbonyl (C=O) groups excluding carboxylic acids is 2. The molecule has 0 bridgehead atoms. The molecule has 0 unspecified atom stereocenters. The molecule has 8 heteroatoms. The van der Waals surface area contributed by atoms with Gasteiger partial charge in [0.15, 0.2) is 0 Å². The van der Waals surface area contributed by atoms with Gasteiger partial charge in [-0.3, -0.25) is 13.9 Å². The van der Waals surface area contributed by atoms with Crippen LogP contribution in [0, 0.1) is 5.92 Å². The molecule has 2 N–H and O–H groups in total. The summed E-state index contributed by atoms with van der Waals surface area (Å²) < 4.78 is 26.8. The molecule has 3 rings (SSSR count). The Labute approximate surface area is 183 Å². The fourth-order valence-corrected chi connectivity index (χ4v) is 4.88. The van der Waals surface area contributed by atoms with E-state index < -0.39 is 10.0 Å². The zero-order chi connectivity index (χ0) is 22.3. The Balaban J connectivity index is 1.51. The number of nitrogens with one attached hydrogen (secondary N) is 2. The first kappa shape index (κ1) is 22.8. The summed E-state index contributed by atoms with van der Waals surface area (Å²) in [6.07, 6.45) is 5.27. The normalized spacial score (nSPS) is 14.6. The fourth-order valence-electron chi connectivity index (χ4n) is 3.69. The van der Waals surface area contributed by atoms with Crippen molar-refractivity contribution in [3.8, 4) is 0 Å². The second-order valence-electron chi connectivity index (χ2n) is 7.71. The number of rotatable bonds is 8. The van der Waals surface area contributed by atoms with E-state index in [1.54, 1.807) is 24.3 Å². The van der Waals surface area contributed by atoms with E-state index in [1.807, 2.05) is 6.07 Å². The van der Waals surface area contributed by atoms with Gasteiger partial charge in [0.25, 0.3) is 15.9 Å². The van der Waals surface area contributed by atoms with Gasteiger partial charge in [-0.1, -0.05) is 37.5 Å². The molecule has 0 radical (unpaired) electrons. The van der Waals surface area contributed by atoms with E-state index in [0.717, 1.165) is 25.7 Å². The molecule has 2 amide bonds. The number of amides is 2. The summed E-state index contributed by atoms with van der Waals surface area (Å²) >= 11 is 0. The van der Waals surface area contributed by atoms with Gasteiger partial charge in [-0.2, -0.15) is 0 Å². The Morgan fingerprint density at radius 3 is 2.16 bits per heavy atom. The molecule has 166 valence electrons. The molecular formula is C23H29N3O4S. The van der Waals surface area contributed by atoms with E-state index in [1.165, 1.54) is 42.0 Å². The average molecular weight is 444 g/mol. The van der Waals surface area contributed by atoms with Crippen LogP contribution in [0.4, 0.5) is 5.69 Å². The standard InChI is InChI=1S/C23H29N3O4S/c1-26(20-10-6-3-7-11-20)31(29,30)21-14-12-19(13-15-21)23(28)25-17-16-24-22(27)18-8-4-2-5-9-18/h3,6-7,10-15,18H,2,4-5,8-9,16-17H2,1H3,(H,24,27)(H,25,28). The fraction of sp³-hybridized carbons (Fsp3) is 0.391. The molecule has 0 atom stereocenters. The van der Waals surface area contributed by atoms with Crippen molar-refractivity contribution in [2.45, 2.75) is 37.0 Å². The van der Waals surface area contributed by atoms with Gasteiger partial charge in [-0.25, -0.2) is 8.42 Å². The molecule has 2 aromatic carbocycles.